The lowest BCUT2D eigenvalue weighted by molar-refractivity contribution is 0.112. The molecule has 7 nitrogen and oxygen atoms in total. The zero-order chi connectivity index (χ0) is 21.4. The molecule has 0 atom stereocenters. The van der Waals surface area contributed by atoms with E-state index in [1.807, 2.05) is 48.5 Å². The van der Waals surface area contributed by atoms with Gasteiger partial charge in [0.05, 0.1) is 5.56 Å². The fraction of sp³-hybridized carbons (Fsp3) is 0. The number of aromatic hydroxyl groups is 2. The fourth-order valence-electron chi connectivity index (χ4n) is 3.51. The number of hydrogen-bond acceptors (Lipinski definition) is 6. The second kappa shape index (κ2) is 7.38. The zero-order valence-corrected chi connectivity index (χ0v) is 16.2. The zero-order valence-electron chi connectivity index (χ0n) is 16.2. The molecular formula is C24H16N4O3. The number of nitrogens with zero attached hydrogens (tertiary/aromatic N) is 4. The van der Waals surface area contributed by atoms with Crippen LogP contribution in [0.15, 0.2) is 79.1 Å². The van der Waals surface area contributed by atoms with Gasteiger partial charge in [0.1, 0.15) is 17.2 Å². The topological polar surface area (TPSA) is 101 Å². The first-order valence-corrected chi connectivity index (χ1v) is 9.53. The molecule has 3 heterocycles. The molecule has 2 N–H and O–H groups in total. The third-order valence-electron chi connectivity index (χ3n) is 4.98. The second-order valence-electron chi connectivity index (χ2n) is 6.97. The van der Waals surface area contributed by atoms with Crippen LogP contribution in [-0.2, 0) is 0 Å². The summed E-state index contributed by atoms with van der Waals surface area (Å²) in [5.41, 5.74) is 3.21. The van der Waals surface area contributed by atoms with Crippen molar-refractivity contribution in [3.8, 4) is 39.7 Å². The average Bonchev–Trinajstić information content (AvgIpc) is 3.23. The van der Waals surface area contributed by atoms with Crippen molar-refractivity contribution < 1.29 is 15.0 Å². The number of aldehydes is 1. The summed E-state index contributed by atoms with van der Waals surface area (Å²) in [5.74, 6) is 0.247. The number of hydrogen-bond donors (Lipinski definition) is 2. The van der Waals surface area contributed by atoms with Gasteiger partial charge in [-0.15, -0.1) is 0 Å². The average molecular weight is 408 g/mol. The molecule has 7 heteroatoms. The normalized spacial score (nSPS) is 11.0. The number of carbonyl (C=O) groups is 1. The molecule has 5 rings (SSSR count). The lowest BCUT2D eigenvalue weighted by atomic mass is 10.1. The Kier molecular flexibility index (Phi) is 4.41. The maximum absolute atomic E-state index is 11.8. The van der Waals surface area contributed by atoms with Gasteiger partial charge >= 0.3 is 0 Å². The molecule has 0 bridgehead atoms. The van der Waals surface area contributed by atoms with E-state index in [1.165, 1.54) is 22.9 Å². The van der Waals surface area contributed by atoms with Crippen LogP contribution in [0.4, 0.5) is 0 Å². The van der Waals surface area contributed by atoms with Crippen LogP contribution >= 0.6 is 0 Å². The molecule has 2 aromatic carbocycles. The van der Waals surface area contributed by atoms with Crippen molar-refractivity contribution in [1.29, 1.82) is 0 Å². The van der Waals surface area contributed by atoms with E-state index in [0.717, 1.165) is 16.5 Å². The summed E-state index contributed by atoms with van der Waals surface area (Å²) in [7, 11) is 0. The van der Waals surface area contributed by atoms with E-state index in [-0.39, 0.29) is 22.8 Å². The van der Waals surface area contributed by atoms with Gasteiger partial charge in [-0.2, -0.15) is 5.10 Å². The Bertz CT molecular complexity index is 1430. The van der Waals surface area contributed by atoms with Crippen molar-refractivity contribution >= 4 is 17.3 Å². The third-order valence-corrected chi connectivity index (χ3v) is 4.98. The predicted octanol–water partition coefficient (Wildman–Crippen LogP) is 4.37. The molecular weight excluding hydrogens is 392 g/mol. The Morgan fingerprint density at radius 2 is 1.74 bits per heavy atom. The summed E-state index contributed by atoms with van der Waals surface area (Å²) in [4.78, 5) is 20.8. The van der Waals surface area contributed by atoms with E-state index in [4.69, 9.17) is 4.98 Å². The first kappa shape index (κ1) is 18.5. The third kappa shape index (κ3) is 3.28. The Morgan fingerprint density at radius 1 is 0.903 bits per heavy atom. The molecule has 0 spiro atoms. The highest BCUT2D eigenvalue weighted by atomic mass is 16.3. The number of phenolic OH excluding ortho intramolecular Hbond substituents is 2. The number of rotatable bonds is 4. The fourth-order valence-corrected chi connectivity index (χ4v) is 3.51. The molecule has 0 radical (unpaired) electrons. The van der Waals surface area contributed by atoms with Gasteiger partial charge in [-0.3, -0.25) is 4.79 Å². The van der Waals surface area contributed by atoms with Gasteiger partial charge in [0, 0.05) is 35.0 Å². The van der Waals surface area contributed by atoms with E-state index in [0.29, 0.717) is 23.3 Å². The lowest BCUT2D eigenvalue weighted by Crippen LogP contribution is -2.02. The largest absolute Gasteiger partial charge is 0.508 e. The van der Waals surface area contributed by atoms with Crippen LogP contribution < -0.4 is 0 Å². The molecule has 0 fully saturated rings. The summed E-state index contributed by atoms with van der Waals surface area (Å²) < 4.78 is 1.52. The van der Waals surface area contributed by atoms with Crippen LogP contribution in [0.3, 0.4) is 0 Å². The van der Waals surface area contributed by atoms with E-state index < -0.39 is 0 Å². The Hall–Kier alpha value is -4.52. The van der Waals surface area contributed by atoms with Gasteiger partial charge in [0.15, 0.2) is 17.8 Å². The number of phenols is 2. The molecule has 0 aliphatic carbocycles. The molecule has 5 aromatic rings. The highest BCUT2D eigenvalue weighted by Gasteiger charge is 2.19. The quantitative estimate of drug-likeness (QED) is 0.428. The molecule has 0 aliphatic heterocycles. The van der Waals surface area contributed by atoms with Crippen molar-refractivity contribution in [1.82, 2.24) is 19.7 Å². The van der Waals surface area contributed by atoms with Crippen molar-refractivity contribution in [2.24, 2.45) is 0 Å². The van der Waals surface area contributed by atoms with E-state index in [9.17, 15) is 15.0 Å². The highest BCUT2D eigenvalue weighted by molar-refractivity contribution is 5.89. The minimum Gasteiger partial charge on any atom is -0.508 e. The summed E-state index contributed by atoms with van der Waals surface area (Å²) in [6.45, 7) is 0. The number of fused-ring (bicyclic) bond motifs is 1. The van der Waals surface area contributed by atoms with Crippen LogP contribution in [0.1, 0.15) is 10.4 Å². The SMILES string of the molecule is O=Cc1cn(-c2nc3ncccc3cc2-c2ccccc2)nc1-c1ccc(O)cc1O. The van der Waals surface area contributed by atoms with Crippen LogP contribution in [0.2, 0.25) is 0 Å². The summed E-state index contributed by atoms with van der Waals surface area (Å²) in [5, 5.41) is 25.3. The number of pyridine rings is 2. The molecule has 0 aliphatic rings. The van der Waals surface area contributed by atoms with Crippen molar-refractivity contribution in [2.75, 3.05) is 0 Å². The number of aromatic nitrogens is 4. The molecule has 0 saturated carbocycles. The Balaban J connectivity index is 1.76. The minimum atomic E-state index is -0.176. The number of benzene rings is 2. The van der Waals surface area contributed by atoms with Crippen LogP contribution in [0.25, 0.3) is 39.2 Å². The van der Waals surface area contributed by atoms with Gasteiger partial charge in [-0.25, -0.2) is 14.6 Å². The van der Waals surface area contributed by atoms with Gasteiger partial charge in [-0.1, -0.05) is 30.3 Å². The highest BCUT2D eigenvalue weighted by Crippen LogP contribution is 2.34. The van der Waals surface area contributed by atoms with E-state index >= 15 is 0 Å². The summed E-state index contributed by atoms with van der Waals surface area (Å²) in [6, 6.07) is 19.7. The Morgan fingerprint density at radius 3 is 2.52 bits per heavy atom. The maximum atomic E-state index is 11.8. The first-order chi connectivity index (χ1) is 15.1. The van der Waals surface area contributed by atoms with Crippen molar-refractivity contribution in [2.45, 2.75) is 0 Å². The molecule has 31 heavy (non-hydrogen) atoms. The molecule has 0 saturated heterocycles. The predicted molar refractivity (Wildman–Crippen MR) is 116 cm³/mol. The monoisotopic (exact) mass is 408 g/mol. The van der Waals surface area contributed by atoms with E-state index in [1.54, 1.807) is 12.4 Å². The molecule has 3 aromatic heterocycles. The van der Waals surface area contributed by atoms with Crippen LogP contribution in [0.5, 0.6) is 11.5 Å². The summed E-state index contributed by atoms with van der Waals surface area (Å²) in [6.07, 6.45) is 3.91. The second-order valence-corrected chi connectivity index (χ2v) is 6.97. The summed E-state index contributed by atoms with van der Waals surface area (Å²) >= 11 is 0. The number of carbonyl (C=O) groups excluding carboxylic acids is 1. The van der Waals surface area contributed by atoms with Crippen LogP contribution in [0, 0.1) is 0 Å². The maximum Gasteiger partial charge on any atom is 0.163 e. The standard InChI is InChI=1S/C24H16N4O3/c29-14-17-13-28(27-22(17)19-9-8-18(30)12-21(19)31)24-20(15-5-2-1-3-6-15)11-16-7-4-10-25-23(16)26-24/h1-14,30-31H. The van der Waals surface area contributed by atoms with Crippen molar-refractivity contribution in [3.63, 3.8) is 0 Å². The smallest absolute Gasteiger partial charge is 0.163 e. The minimum absolute atomic E-state index is 0.0815. The van der Waals surface area contributed by atoms with Gasteiger partial charge in [0.25, 0.3) is 0 Å². The molecule has 150 valence electrons. The lowest BCUT2D eigenvalue weighted by Gasteiger charge is -2.10. The van der Waals surface area contributed by atoms with Gasteiger partial charge in [-0.05, 0) is 35.9 Å². The van der Waals surface area contributed by atoms with Gasteiger partial charge < -0.3 is 10.2 Å². The van der Waals surface area contributed by atoms with Crippen molar-refractivity contribution in [3.05, 3.63) is 84.7 Å². The van der Waals surface area contributed by atoms with E-state index in [2.05, 4.69) is 10.1 Å². The van der Waals surface area contributed by atoms with Gasteiger partial charge in [0.2, 0.25) is 0 Å². The van der Waals surface area contributed by atoms with Crippen LogP contribution in [-0.4, -0.2) is 36.2 Å². The Labute approximate surface area is 176 Å². The first-order valence-electron chi connectivity index (χ1n) is 9.53. The molecule has 0 unspecified atom stereocenters. The molecule has 0 amide bonds.